The van der Waals surface area contributed by atoms with Crippen LogP contribution in [-0.4, -0.2) is 68.8 Å². The lowest BCUT2D eigenvalue weighted by molar-refractivity contribution is -0.138. The Kier molecular flexibility index (Phi) is 3.66. The normalized spacial score (nSPS) is 25.4. The van der Waals surface area contributed by atoms with Gasteiger partial charge < -0.3 is 14.5 Å². The fourth-order valence-electron chi connectivity index (χ4n) is 3.83. The van der Waals surface area contributed by atoms with Crippen LogP contribution in [0.3, 0.4) is 0 Å². The molecule has 0 saturated carbocycles. The molecule has 8 nitrogen and oxygen atoms in total. The highest BCUT2D eigenvalue weighted by molar-refractivity contribution is 5.79. The number of carbonyl (C=O) groups excluding carboxylic acids is 2. The summed E-state index contributed by atoms with van der Waals surface area (Å²) in [5.41, 5.74) is 0. The number of hydrogen-bond donors (Lipinski definition) is 0. The van der Waals surface area contributed by atoms with Crippen molar-refractivity contribution in [1.82, 2.24) is 24.6 Å². The van der Waals surface area contributed by atoms with Gasteiger partial charge in [0.2, 0.25) is 5.91 Å². The molecule has 0 spiro atoms. The lowest BCUT2D eigenvalue weighted by Gasteiger charge is -2.37. The monoisotopic (exact) mass is 319 g/mol. The first kappa shape index (κ1) is 14.5. The van der Waals surface area contributed by atoms with E-state index in [0.717, 1.165) is 31.5 Å². The molecule has 2 amide bonds. The quantitative estimate of drug-likeness (QED) is 0.782. The van der Waals surface area contributed by atoms with E-state index in [1.165, 1.54) is 0 Å². The fourth-order valence-corrected chi connectivity index (χ4v) is 3.83. The van der Waals surface area contributed by atoms with Gasteiger partial charge in [0.1, 0.15) is 18.8 Å². The fraction of sp³-hybridized carbons (Fsp3) is 0.733. The second-order valence-electron chi connectivity index (χ2n) is 6.46. The summed E-state index contributed by atoms with van der Waals surface area (Å²) in [6.07, 6.45) is 4.68. The molecular formula is C15H21N5O3. The van der Waals surface area contributed by atoms with Crippen LogP contribution in [0.5, 0.6) is 0 Å². The van der Waals surface area contributed by atoms with E-state index in [4.69, 9.17) is 4.74 Å². The van der Waals surface area contributed by atoms with Gasteiger partial charge in [0.05, 0.1) is 19.0 Å². The molecule has 8 heteroatoms. The zero-order valence-electron chi connectivity index (χ0n) is 13.1. The zero-order valence-corrected chi connectivity index (χ0v) is 13.1. The molecule has 1 aromatic rings. The number of amides is 2. The molecule has 0 aliphatic carbocycles. The molecule has 1 unspecified atom stereocenters. The van der Waals surface area contributed by atoms with Crippen LogP contribution in [0, 0.1) is 5.92 Å². The summed E-state index contributed by atoms with van der Waals surface area (Å²) in [6, 6.07) is 0.210. The van der Waals surface area contributed by atoms with Crippen LogP contribution in [0.25, 0.3) is 0 Å². The van der Waals surface area contributed by atoms with Gasteiger partial charge in [-0.15, -0.1) is 0 Å². The highest BCUT2D eigenvalue weighted by Gasteiger charge is 2.35. The molecule has 0 bridgehead atoms. The number of nitrogens with zero attached hydrogens (tertiary/aromatic N) is 5. The van der Waals surface area contributed by atoms with Crippen LogP contribution < -0.4 is 0 Å². The summed E-state index contributed by atoms with van der Waals surface area (Å²) < 4.78 is 6.85. The maximum Gasteiger partial charge on any atom is 0.410 e. The number of cyclic esters (lactones) is 1. The van der Waals surface area contributed by atoms with E-state index < -0.39 is 0 Å². The van der Waals surface area contributed by atoms with Crippen molar-refractivity contribution in [1.29, 1.82) is 0 Å². The van der Waals surface area contributed by atoms with Gasteiger partial charge in [-0.3, -0.25) is 4.79 Å². The molecule has 0 N–H and O–H groups in total. The van der Waals surface area contributed by atoms with Gasteiger partial charge in [0, 0.05) is 25.6 Å². The van der Waals surface area contributed by atoms with E-state index in [1.54, 1.807) is 6.33 Å². The first-order valence-corrected chi connectivity index (χ1v) is 8.31. The van der Waals surface area contributed by atoms with Crippen molar-refractivity contribution in [3.63, 3.8) is 0 Å². The maximum absolute atomic E-state index is 12.7. The van der Waals surface area contributed by atoms with E-state index >= 15 is 0 Å². The number of piperidine rings is 1. The van der Waals surface area contributed by atoms with Gasteiger partial charge in [-0.1, -0.05) is 0 Å². The third kappa shape index (κ3) is 2.66. The molecule has 2 fully saturated rings. The van der Waals surface area contributed by atoms with Crippen molar-refractivity contribution in [3.8, 4) is 0 Å². The lowest BCUT2D eigenvalue weighted by atomic mass is 9.96. The molecule has 4 heterocycles. The van der Waals surface area contributed by atoms with Gasteiger partial charge in [0.25, 0.3) is 0 Å². The summed E-state index contributed by atoms with van der Waals surface area (Å²) in [6.45, 7) is 3.23. The molecule has 3 aliphatic rings. The Bertz CT molecular complexity index is 608. The molecule has 3 aliphatic heterocycles. The molecule has 23 heavy (non-hydrogen) atoms. The molecule has 1 aromatic heterocycles. The zero-order chi connectivity index (χ0) is 15.8. The summed E-state index contributed by atoms with van der Waals surface area (Å²) in [4.78, 5) is 32.3. The SMILES string of the molecule is O=C(C1CCc2ncnn2C1)N1CCC(N2CCOC2=O)CC1. The highest BCUT2D eigenvalue weighted by Crippen LogP contribution is 2.24. The topological polar surface area (TPSA) is 80.6 Å². The van der Waals surface area contributed by atoms with E-state index in [-0.39, 0.29) is 24.0 Å². The standard InChI is InChI=1S/C15H21N5O3/c21-14(11-1-2-13-16-10-17-20(13)9-11)18-5-3-12(4-6-18)19-7-8-23-15(19)22/h10-12H,1-9H2. The maximum atomic E-state index is 12.7. The van der Waals surface area contributed by atoms with Crippen LogP contribution in [0.1, 0.15) is 25.1 Å². The second kappa shape index (κ2) is 5.82. The van der Waals surface area contributed by atoms with E-state index in [1.807, 2.05) is 14.5 Å². The van der Waals surface area contributed by atoms with Crippen molar-refractivity contribution in [3.05, 3.63) is 12.2 Å². The number of hydrogen-bond acceptors (Lipinski definition) is 5. The Balaban J connectivity index is 1.33. The molecule has 0 aromatic carbocycles. The summed E-state index contributed by atoms with van der Waals surface area (Å²) >= 11 is 0. The summed E-state index contributed by atoms with van der Waals surface area (Å²) in [7, 11) is 0. The number of aromatic nitrogens is 3. The Labute approximate surface area is 134 Å². The van der Waals surface area contributed by atoms with Crippen molar-refractivity contribution >= 4 is 12.0 Å². The lowest BCUT2D eigenvalue weighted by Crippen LogP contribution is -2.49. The largest absolute Gasteiger partial charge is 0.448 e. The molecular weight excluding hydrogens is 298 g/mol. The first-order valence-electron chi connectivity index (χ1n) is 8.31. The van der Waals surface area contributed by atoms with Crippen LogP contribution in [-0.2, 0) is 22.5 Å². The Hall–Kier alpha value is -2.12. The van der Waals surface area contributed by atoms with Crippen LogP contribution >= 0.6 is 0 Å². The highest BCUT2D eigenvalue weighted by atomic mass is 16.6. The Morgan fingerprint density at radius 1 is 1.22 bits per heavy atom. The Morgan fingerprint density at radius 2 is 2.04 bits per heavy atom. The molecule has 2 saturated heterocycles. The van der Waals surface area contributed by atoms with Crippen molar-refractivity contribution in [2.24, 2.45) is 5.92 Å². The average Bonchev–Trinajstić information content (AvgIpc) is 3.22. The van der Waals surface area contributed by atoms with Gasteiger partial charge in [-0.25, -0.2) is 14.5 Å². The number of aryl methyl sites for hydroxylation is 1. The smallest absolute Gasteiger partial charge is 0.410 e. The van der Waals surface area contributed by atoms with Gasteiger partial charge >= 0.3 is 6.09 Å². The minimum Gasteiger partial charge on any atom is -0.448 e. The third-order valence-corrected chi connectivity index (χ3v) is 5.16. The second-order valence-corrected chi connectivity index (χ2v) is 6.46. The minimum absolute atomic E-state index is 0.00231. The average molecular weight is 319 g/mol. The molecule has 1 atom stereocenters. The summed E-state index contributed by atoms with van der Waals surface area (Å²) in [5, 5.41) is 4.18. The predicted molar refractivity (Wildman–Crippen MR) is 79.5 cm³/mol. The number of carbonyl (C=O) groups is 2. The van der Waals surface area contributed by atoms with Crippen LogP contribution in [0.15, 0.2) is 6.33 Å². The van der Waals surface area contributed by atoms with Crippen LogP contribution in [0.2, 0.25) is 0 Å². The van der Waals surface area contributed by atoms with Gasteiger partial charge in [0.15, 0.2) is 0 Å². The number of rotatable bonds is 2. The molecule has 124 valence electrons. The van der Waals surface area contributed by atoms with E-state index in [9.17, 15) is 9.59 Å². The minimum atomic E-state index is -0.208. The molecule has 0 radical (unpaired) electrons. The van der Waals surface area contributed by atoms with Crippen LogP contribution in [0.4, 0.5) is 4.79 Å². The molecule has 4 rings (SSSR count). The Morgan fingerprint density at radius 3 is 2.78 bits per heavy atom. The van der Waals surface area contributed by atoms with Gasteiger partial charge in [-0.05, 0) is 19.3 Å². The first-order chi connectivity index (χ1) is 11.2. The number of likely N-dealkylation sites (tertiary alicyclic amines) is 1. The number of ether oxygens (including phenoxy) is 1. The van der Waals surface area contributed by atoms with Gasteiger partial charge in [-0.2, -0.15) is 5.10 Å². The van der Waals surface area contributed by atoms with Crippen molar-refractivity contribution < 1.29 is 14.3 Å². The summed E-state index contributed by atoms with van der Waals surface area (Å²) in [5.74, 6) is 1.19. The van der Waals surface area contributed by atoms with E-state index in [2.05, 4.69) is 10.1 Å². The van der Waals surface area contributed by atoms with Crippen molar-refractivity contribution in [2.45, 2.75) is 38.3 Å². The number of fused-ring (bicyclic) bond motifs is 1. The third-order valence-electron chi connectivity index (χ3n) is 5.16. The van der Waals surface area contributed by atoms with E-state index in [0.29, 0.717) is 32.8 Å². The van der Waals surface area contributed by atoms with Crippen molar-refractivity contribution in [2.75, 3.05) is 26.2 Å². The predicted octanol–water partition coefficient (Wildman–Crippen LogP) is 0.284.